The van der Waals surface area contributed by atoms with Gasteiger partial charge in [-0.15, -0.1) is 0 Å². The zero-order valence-corrected chi connectivity index (χ0v) is 18.5. The van der Waals surface area contributed by atoms with Gasteiger partial charge in [-0.1, -0.05) is 36.4 Å². The van der Waals surface area contributed by atoms with Crippen molar-refractivity contribution in [2.24, 2.45) is 0 Å². The molecule has 3 rings (SSSR count). The second-order valence-electron chi connectivity index (χ2n) is 5.14. The first-order chi connectivity index (χ1) is 12.6. The molecule has 1 aliphatic carbocycles. The fraction of sp³-hybridized carbons (Fsp3) is 0.182. The third kappa shape index (κ3) is 16.0. The van der Waals surface area contributed by atoms with Crippen molar-refractivity contribution in [2.75, 3.05) is 0 Å². The van der Waals surface area contributed by atoms with Gasteiger partial charge in [0.1, 0.15) is 11.4 Å². The van der Waals surface area contributed by atoms with E-state index in [1.54, 1.807) is 24.3 Å². The Hall–Kier alpha value is -2.66. The molecule has 6 nitrogen and oxygen atoms in total. The zero-order chi connectivity index (χ0) is 19.0. The third-order valence-electron chi connectivity index (χ3n) is 3.10. The summed E-state index contributed by atoms with van der Waals surface area (Å²) >= 11 is 0. The molecule has 0 aromatic carbocycles. The van der Waals surface area contributed by atoms with Gasteiger partial charge in [0.25, 0.3) is 0 Å². The molecule has 0 saturated heterocycles. The van der Waals surface area contributed by atoms with Crippen molar-refractivity contribution in [2.45, 2.75) is 25.7 Å². The molecule has 7 heteroatoms. The van der Waals surface area contributed by atoms with Crippen LogP contribution in [0.1, 0.15) is 46.7 Å². The Bertz CT molecular complexity index is 645. The average molecular weight is 486 g/mol. The smallest absolute Gasteiger partial charge is 0.477 e. The summed E-state index contributed by atoms with van der Waals surface area (Å²) in [7, 11) is 0. The van der Waals surface area contributed by atoms with E-state index >= 15 is 0 Å². The van der Waals surface area contributed by atoms with Crippen LogP contribution >= 0.6 is 0 Å². The maximum atomic E-state index is 10.1. The Labute approximate surface area is 186 Å². The number of hydrogen-bond acceptors (Lipinski definition) is 4. The first-order valence-corrected chi connectivity index (χ1v) is 8.20. The predicted molar refractivity (Wildman–Crippen MR) is 112 cm³/mol. The number of carboxylic acids is 2. The van der Waals surface area contributed by atoms with Gasteiger partial charge in [-0.3, -0.25) is 0 Å². The first-order valence-electron chi connectivity index (χ1n) is 8.20. The molecule has 0 bridgehead atoms. The predicted octanol–water partition coefficient (Wildman–Crippen LogP) is 5.13. The van der Waals surface area contributed by atoms with Crippen LogP contribution in [-0.2, 0) is 19.5 Å². The second-order valence-corrected chi connectivity index (χ2v) is 5.14. The van der Waals surface area contributed by atoms with Gasteiger partial charge in [0.05, 0.1) is 0 Å². The van der Waals surface area contributed by atoms with Gasteiger partial charge in [-0.25, -0.2) is 19.6 Å². The molecule has 1 aliphatic rings. The Kier molecular flexibility index (Phi) is 21.5. The Morgan fingerprint density at radius 1 is 0.655 bits per heavy atom. The summed E-state index contributed by atoms with van der Waals surface area (Å²) in [5.74, 6) is -1.98. The van der Waals surface area contributed by atoms with Crippen LogP contribution in [0.2, 0.25) is 0 Å². The molecule has 2 aromatic rings. The fourth-order valence-electron chi connectivity index (χ4n) is 1.83. The summed E-state index contributed by atoms with van der Waals surface area (Å²) in [5, 5.41) is 16.6. The molecule has 0 radical (unpaired) electrons. The maximum Gasteiger partial charge on any atom is 2.00 e. The number of nitrogens with zero attached hydrogens (tertiary/aromatic N) is 2. The van der Waals surface area contributed by atoms with Crippen LogP contribution in [-0.4, -0.2) is 32.1 Å². The van der Waals surface area contributed by atoms with Crippen LogP contribution in [0, 0.1) is 14.9 Å². The first kappa shape index (κ1) is 31.1. The van der Waals surface area contributed by atoms with Gasteiger partial charge >= 0.3 is 31.4 Å². The van der Waals surface area contributed by atoms with Gasteiger partial charge in [0.2, 0.25) is 0 Å². The van der Waals surface area contributed by atoms with Gasteiger partial charge < -0.3 is 25.1 Å². The molecule has 2 N–H and O–H groups in total. The molecule has 0 atom stereocenters. The van der Waals surface area contributed by atoms with Crippen molar-refractivity contribution in [3.8, 4) is 0 Å². The van der Waals surface area contributed by atoms with E-state index in [9.17, 15) is 9.59 Å². The van der Waals surface area contributed by atoms with E-state index in [0.717, 1.165) is 0 Å². The molecule has 0 aliphatic heterocycles. The number of hydrogen-bond donors (Lipinski definition) is 2. The van der Waals surface area contributed by atoms with Gasteiger partial charge in [0.15, 0.2) is 0 Å². The molecule has 2 aromatic heterocycles. The van der Waals surface area contributed by atoms with E-state index in [1.165, 1.54) is 50.2 Å². The summed E-state index contributed by atoms with van der Waals surface area (Å²) in [5.41, 5.74) is 0.162. The van der Waals surface area contributed by atoms with E-state index in [0.29, 0.717) is 0 Å². The number of carboxylic acid groups (broad SMARTS) is 2. The van der Waals surface area contributed by atoms with Crippen LogP contribution in [0.5, 0.6) is 0 Å². The van der Waals surface area contributed by atoms with Crippen LogP contribution < -0.4 is 0 Å². The number of allylic oxidation sites excluding steroid dienone is 4. The van der Waals surface area contributed by atoms with Crippen molar-refractivity contribution in [1.82, 2.24) is 9.97 Å². The number of pyridine rings is 2. The molecule has 0 fully saturated rings. The van der Waals surface area contributed by atoms with Gasteiger partial charge in [-0.2, -0.15) is 0 Å². The Morgan fingerprint density at radius 2 is 0.966 bits per heavy atom. The quantitative estimate of drug-likeness (QED) is 0.348. The van der Waals surface area contributed by atoms with Crippen LogP contribution in [0.4, 0.5) is 0 Å². The molecule has 2 heterocycles. The topological polar surface area (TPSA) is 100 Å². The zero-order valence-electron chi connectivity index (χ0n) is 16.7. The van der Waals surface area contributed by atoms with Crippen molar-refractivity contribution in [1.29, 1.82) is 0 Å². The SMILES string of the molecule is C1=CCC/C=C\CC1.O=C(O)c1ccccn1.O=C(O)c1ccccn1.[CH3-].[CH3-].[Ru+2]. The molecule has 0 spiro atoms. The van der Waals surface area contributed by atoms with E-state index in [2.05, 4.69) is 34.3 Å². The second kappa shape index (κ2) is 20.1. The molecule has 158 valence electrons. The van der Waals surface area contributed by atoms with Crippen molar-refractivity contribution in [3.05, 3.63) is 99.3 Å². The molecule has 0 amide bonds. The number of rotatable bonds is 2. The number of aromatic nitrogens is 2. The van der Waals surface area contributed by atoms with Gasteiger partial charge in [0, 0.05) is 12.4 Å². The summed E-state index contributed by atoms with van der Waals surface area (Å²) in [4.78, 5) is 27.4. The normalized spacial score (nSPS) is 12.1. The molecular formula is C22H28N2O4Ru. The molecule has 29 heavy (non-hydrogen) atoms. The minimum Gasteiger partial charge on any atom is -0.477 e. The summed E-state index contributed by atoms with van der Waals surface area (Å²) in [6.45, 7) is 0. The third-order valence-corrected chi connectivity index (χ3v) is 3.10. The van der Waals surface area contributed by atoms with Crippen molar-refractivity contribution < 1.29 is 39.3 Å². The van der Waals surface area contributed by atoms with E-state index < -0.39 is 11.9 Å². The summed E-state index contributed by atoms with van der Waals surface area (Å²) in [6.07, 6.45) is 16.9. The largest absolute Gasteiger partial charge is 2.00 e. The van der Waals surface area contributed by atoms with E-state index in [-0.39, 0.29) is 45.7 Å². The van der Waals surface area contributed by atoms with E-state index in [1.807, 2.05) is 0 Å². The molecular weight excluding hydrogens is 457 g/mol. The average Bonchev–Trinajstić information content (AvgIpc) is 2.64. The van der Waals surface area contributed by atoms with Crippen LogP contribution in [0.25, 0.3) is 0 Å². The molecule has 0 unspecified atom stereocenters. The standard InChI is InChI=1S/C8H12.2C6H5NO2.2CH3.Ru/c1-2-4-6-8-7-5-3-1;2*8-6(9)5-3-1-2-4-7-5;;;/h1-2,7-8H,3-6H2;2*1-4H,(H,8,9);2*1H3;/q;;;2*-1;+2/b2-1-,8-7?;;;;;. The Balaban J connectivity index is -0.000000333. The van der Waals surface area contributed by atoms with E-state index in [4.69, 9.17) is 10.2 Å². The van der Waals surface area contributed by atoms with Crippen LogP contribution in [0.15, 0.2) is 73.1 Å². The minimum atomic E-state index is -0.990. The monoisotopic (exact) mass is 486 g/mol. The number of aromatic carboxylic acids is 2. The summed E-state index contributed by atoms with van der Waals surface area (Å²) < 4.78 is 0. The Morgan fingerprint density at radius 3 is 1.14 bits per heavy atom. The summed E-state index contributed by atoms with van der Waals surface area (Å²) in [6, 6.07) is 9.51. The van der Waals surface area contributed by atoms with Crippen molar-refractivity contribution in [3.63, 3.8) is 0 Å². The number of carbonyl (C=O) groups is 2. The van der Waals surface area contributed by atoms with Gasteiger partial charge in [-0.05, 0) is 49.9 Å². The fourth-order valence-corrected chi connectivity index (χ4v) is 1.83. The van der Waals surface area contributed by atoms with Crippen molar-refractivity contribution >= 4 is 11.9 Å². The maximum absolute atomic E-state index is 10.1. The minimum absolute atomic E-state index is 0. The molecule has 0 saturated carbocycles. The van der Waals surface area contributed by atoms with Crippen LogP contribution in [0.3, 0.4) is 0 Å².